The first-order valence-corrected chi connectivity index (χ1v) is 9.47. The van der Waals surface area contributed by atoms with E-state index in [0.717, 1.165) is 11.4 Å². The van der Waals surface area contributed by atoms with Gasteiger partial charge < -0.3 is 15.0 Å². The maximum atomic E-state index is 12.4. The highest BCUT2D eigenvalue weighted by atomic mass is 32.1. The van der Waals surface area contributed by atoms with Crippen LogP contribution in [0.25, 0.3) is 0 Å². The predicted molar refractivity (Wildman–Crippen MR) is 107 cm³/mol. The first-order chi connectivity index (χ1) is 12.7. The van der Waals surface area contributed by atoms with Crippen LogP contribution in [0.2, 0.25) is 0 Å². The molecule has 0 atom stereocenters. The third kappa shape index (κ3) is 5.10. The van der Waals surface area contributed by atoms with Crippen LogP contribution in [-0.2, 0) is 11.3 Å². The van der Waals surface area contributed by atoms with Crippen LogP contribution in [0.4, 0.5) is 11.4 Å². The highest BCUT2D eigenvalue weighted by molar-refractivity contribution is 7.09. The molecule has 0 bridgehead atoms. The average Bonchev–Trinajstić information content (AvgIpc) is 3.19. The molecule has 0 saturated carbocycles. The summed E-state index contributed by atoms with van der Waals surface area (Å²) >= 11 is 1.66. The summed E-state index contributed by atoms with van der Waals surface area (Å²) in [6, 6.07) is 21.6. The van der Waals surface area contributed by atoms with Gasteiger partial charge in [0.15, 0.2) is 6.61 Å². The molecule has 0 aliphatic carbocycles. The summed E-state index contributed by atoms with van der Waals surface area (Å²) in [6.45, 7) is 3.33. The number of thiophene rings is 1. The number of ether oxygens (including phenoxy) is 1. The standard InChI is InChI=1S/C21H22N2O2S/c1-2-23(15-20-9-6-14-26-20)21(24)16-25-19-12-10-18(11-13-19)22-17-7-4-3-5-8-17/h3-14,22H,2,15-16H2,1H3. The van der Waals surface area contributed by atoms with E-state index >= 15 is 0 Å². The highest BCUT2D eigenvalue weighted by Gasteiger charge is 2.13. The molecule has 2 aromatic carbocycles. The Morgan fingerprint density at radius 2 is 1.73 bits per heavy atom. The van der Waals surface area contributed by atoms with Crippen molar-refractivity contribution in [3.63, 3.8) is 0 Å². The molecule has 0 aliphatic heterocycles. The van der Waals surface area contributed by atoms with Crippen molar-refractivity contribution in [2.45, 2.75) is 13.5 Å². The first-order valence-electron chi connectivity index (χ1n) is 8.59. The fourth-order valence-corrected chi connectivity index (χ4v) is 3.25. The van der Waals surface area contributed by atoms with E-state index in [1.807, 2.05) is 79.0 Å². The fraction of sp³-hybridized carbons (Fsp3) is 0.190. The minimum atomic E-state index is -0.00705. The number of likely N-dealkylation sites (N-methyl/N-ethyl adjacent to an activating group) is 1. The van der Waals surface area contributed by atoms with Gasteiger partial charge in [-0.1, -0.05) is 24.3 Å². The predicted octanol–water partition coefficient (Wildman–Crippen LogP) is 4.92. The van der Waals surface area contributed by atoms with E-state index in [-0.39, 0.29) is 12.5 Å². The van der Waals surface area contributed by atoms with E-state index < -0.39 is 0 Å². The summed E-state index contributed by atoms with van der Waals surface area (Å²) in [5.41, 5.74) is 2.01. The Kier molecular flexibility index (Phi) is 6.28. The van der Waals surface area contributed by atoms with E-state index in [0.29, 0.717) is 18.8 Å². The summed E-state index contributed by atoms with van der Waals surface area (Å²) in [4.78, 5) is 15.4. The number of anilines is 2. The van der Waals surface area contributed by atoms with Gasteiger partial charge in [-0.05, 0) is 54.8 Å². The fourth-order valence-electron chi connectivity index (χ4n) is 2.53. The van der Waals surface area contributed by atoms with Gasteiger partial charge in [-0.15, -0.1) is 11.3 Å². The minimum Gasteiger partial charge on any atom is -0.484 e. The molecule has 0 saturated heterocycles. The van der Waals surface area contributed by atoms with E-state index in [1.165, 1.54) is 4.88 Å². The molecule has 0 aliphatic rings. The summed E-state index contributed by atoms with van der Waals surface area (Å²) in [5, 5.41) is 5.34. The van der Waals surface area contributed by atoms with Crippen LogP contribution in [-0.4, -0.2) is 24.0 Å². The maximum Gasteiger partial charge on any atom is 0.260 e. The quantitative estimate of drug-likeness (QED) is 0.615. The van der Waals surface area contributed by atoms with Gasteiger partial charge in [0.1, 0.15) is 5.75 Å². The van der Waals surface area contributed by atoms with Gasteiger partial charge in [-0.3, -0.25) is 4.79 Å². The number of rotatable bonds is 8. The lowest BCUT2D eigenvalue weighted by Gasteiger charge is -2.20. The molecular weight excluding hydrogens is 344 g/mol. The molecule has 0 spiro atoms. The van der Waals surface area contributed by atoms with Crippen molar-refractivity contribution in [1.82, 2.24) is 4.90 Å². The molecule has 0 fully saturated rings. The number of nitrogens with one attached hydrogen (secondary N) is 1. The highest BCUT2D eigenvalue weighted by Crippen LogP contribution is 2.20. The summed E-state index contributed by atoms with van der Waals surface area (Å²) in [7, 11) is 0. The Hall–Kier alpha value is -2.79. The zero-order valence-corrected chi connectivity index (χ0v) is 15.5. The van der Waals surface area contributed by atoms with Crippen LogP contribution in [0.15, 0.2) is 72.1 Å². The molecule has 3 rings (SSSR count). The van der Waals surface area contributed by atoms with Crippen LogP contribution >= 0.6 is 11.3 Å². The number of carbonyl (C=O) groups is 1. The molecule has 1 aromatic heterocycles. The number of para-hydroxylation sites is 1. The second kappa shape index (κ2) is 9.06. The minimum absolute atomic E-state index is 0.00705. The second-order valence-corrected chi connectivity index (χ2v) is 6.82. The third-order valence-corrected chi connectivity index (χ3v) is 4.80. The monoisotopic (exact) mass is 366 g/mol. The Labute approximate surface area is 158 Å². The van der Waals surface area contributed by atoms with Crippen molar-refractivity contribution in [2.24, 2.45) is 0 Å². The topological polar surface area (TPSA) is 41.6 Å². The Morgan fingerprint density at radius 3 is 2.38 bits per heavy atom. The number of benzene rings is 2. The molecule has 4 nitrogen and oxygen atoms in total. The number of carbonyl (C=O) groups excluding carboxylic acids is 1. The van der Waals surface area contributed by atoms with Crippen LogP contribution in [0, 0.1) is 0 Å². The molecule has 134 valence electrons. The second-order valence-electron chi connectivity index (χ2n) is 5.79. The van der Waals surface area contributed by atoms with E-state index in [1.54, 1.807) is 16.2 Å². The lowest BCUT2D eigenvalue weighted by Crippen LogP contribution is -2.34. The number of hydrogen-bond acceptors (Lipinski definition) is 4. The van der Waals surface area contributed by atoms with Gasteiger partial charge in [-0.25, -0.2) is 0 Å². The van der Waals surface area contributed by atoms with Gasteiger partial charge >= 0.3 is 0 Å². The van der Waals surface area contributed by atoms with Crippen LogP contribution in [0.5, 0.6) is 5.75 Å². The molecule has 1 N–H and O–H groups in total. The normalized spacial score (nSPS) is 10.3. The molecule has 26 heavy (non-hydrogen) atoms. The summed E-state index contributed by atoms with van der Waals surface area (Å²) in [5.74, 6) is 0.677. The first kappa shape index (κ1) is 18.0. The van der Waals surface area contributed by atoms with Crippen molar-refractivity contribution >= 4 is 28.6 Å². The zero-order valence-electron chi connectivity index (χ0n) is 14.7. The van der Waals surface area contributed by atoms with Crippen molar-refractivity contribution in [3.05, 3.63) is 77.0 Å². The van der Waals surface area contributed by atoms with Crippen molar-refractivity contribution < 1.29 is 9.53 Å². The smallest absolute Gasteiger partial charge is 0.260 e. The van der Waals surface area contributed by atoms with E-state index in [9.17, 15) is 4.79 Å². The average molecular weight is 366 g/mol. The van der Waals surface area contributed by atoms with E-state index in [2.05, 4.69) is 5.32 Å². The SMILES string of the molecule is CCN(Cc1cccs1)C(=O)COc1ccc(Nc2ccccc2)cc1. The largest absolute Gasteiger partial charge is 0.484 e. The van der Waals surface area contributed by atoms with Crippen LogP contribution in [0.1, 0.15) is 11.8 Å². The summed E-state index contributed by atoms with van der Waals surface area (Å²) in [6.07, 6.45) is 0. The van der Waals surface area contributed by atoms with Gasteiger partial charge in [0.25, 0.3) is 5.91 Å². The molecule has 1 amide bonds. The Morgan fingerprint density at radius 1 is 1.00 bits per heavy atom. The molecule has 3 aromatic rings. The molecule has 5 heteroatoms. The van der Waals surface area contributed by atoms with Gasteiger partial charge in [0, 0.05) is 22.8 Å². The Balaban J connectivity index is 1.51. The lowest BCUT2D eigenvalue weighted by molar-refractivity contribution is -0.133. The molecular formula is C21H22N2O2S. The third-order valence-electron chi connectivity index (χ3n) is 3.94. The van der Waals surface area contributed by atoms with Gasteiger partial charge in [-0.2, -0.15) is 0 Å². The molecule has 0 radical (unpaired) electrons. The number of hydrogen-bond donors (Lipinski definition) is 1. The maximum absolute atomic E-state index is 12.4. The van der Waals surface area contributed by atoms with Crippen molar-refractivity contribution in [3.8, 4) is 5.75 Å². The van der Waals surface area contributed by atoms with Crippen LogP contribution < -0.4 is 10.1 Å². The van der Waals surface area contributed by atoms with Crippen molar-refractivity contribution in [2.75, 3.05) is 18.5 Å². The van der Waals surface area contributed by atoms with Gasteiger partial charge in [0.2, 0.25) is 0 Å². The number of amides is 1. The van der Waals surface area contributed by atoms with Crippen LogP contribution in [0.3, 0.4) is 0 Å². The zero-order chi connectivity index (χ0) is 18.2. The molecule has 1 heterocycles. The van der Waals surface area contributed by atoms with Gasteiger partial charge in [0.05, 0.1) is 6.54 Å². The van der Waals surface area contributed by atoms with E-state index in [4.69, 9.17) is 4.74 Å². The number of nitrogens with zero attached hydrogens (tertiary/aromatic N) is 1. The Bertz CT molecular complexity index is 802. The van der Waals surface area contributed by atoms with Crippen molar-refractivity contribution in [1.29, 1.82) is 0 Å². The lowest BCUT2D eigenvalue weighted by atomic mass is 10.2. The molecule has 0 unspecified atom stereocenters. The summed E-state index contributed by atoms with van der Waals surface area (Å²) < 4.78 is 5.66.